The fourth-order valence-electron chi connectivity index (χ4n) is 2.02. The molecule has 0 radical (unpaired) electrons. The average molecular weight is 276 g/mol. The van der Waals surface area contributed by atoms with Crippen molar-refractivity contribution in [3.05, 3.63) is 29.8 Å². The van der Waals surface area contributed by atoms with Gasteiger partial charge in [-0.1, -0.05) is 0 Å². The minimum Gasteiger partial charge on any atom is -0.395 e. The largest absolute Gasteiger partial charge is 0.395 e. The third-order valence-corrected chi connectivity index (χ3v) is 3.10. The van der Waals surface area contributed by atoms with E-state index in [1.165, 1.54) is 0 Å². The van der Waals surface area contributed by atoms with E-state index in [2.05, 4.69) is 15.5 Å². The highest BCUT2D eigenvalue weighted by Gasteiger charge is 2.18. The predicted octanol–water partition coefficient (Wildman–Crippen LogP) is 0.810. The van der Waals surface area contributed by atoms with E-state index >= 15 is 0 Å². The fourth-order valence-corrected chi connectivity index (χ4v) is 2.02. The molecule has 0 aliphatic heterocycles. The molecular formula is C13H20N6O. The lowest BCUT2D eigenvalue weighted by Gasteiger charge is -2.07. The van der Waals surface area contributed by atoms with Gasteiger partial charge in [0.25, 0.3) is 5.91 Å². The number of nitrogens with one attached hydrogen (secondary N) is 1. The summed E-state index contributed by atoms with van der Waals surface area (Å²) < 4.78 is 3.47. The van der Waals surface area contributed by atoms with Crippen LogP contribution in [0.2, 0.25) is 0 Å². The third kappa shape index (κ3) is 2.98. The SMILES string of the molecule is CCn1nc(C)c(N)c1C(=O)NCCCn1cccn1. The first-order valence-electron chi connectivity index (χ1n) is 6.72. The summed E-state index contributed by atoms with van der Waals surface area (Å²) in [6.45, 7) is 5.70. The van der Waals surface area contributed by atoms with Crippen LogP contribution < -0.4 is 11.1 Å². The first-order valence-corrected chi connectivity index (χ1v) is 6.72. The maximum atomic E-state index is 12.1. The van der Waals surface area contributed by atoms with Gasteiger partial charge < -0.3 is 11.1 Å². The van der Waals surface area contributed by atoms with Crippen LogP contribution in [0.3, 0.4) is 0 Å². The van der Waals surface area contributed by atoms with Gasteiger partial charge >= 0.3 is 0 Å². The van der Waals surface area contributed by atoms with Gasteiger partial charge in [0.1, 0.15) is 5.69 Å². The Morgan fingerprint density at radius 2 is 2.30 bits per heavy atom. The van der Waals surface area contributed by atoms with Crippen molar-refractivity contribution in [2.45, 2.75) is 33.4 Å². The molecule has 2 heterocycles. The number of anilines is 1. The van der Waals surface area contributed by atoms with Crippen molar-refractivity contribution in [2.24, 2.45) is 0 Å². The number of nitrogens with two attached hydrogens (primary N) is 1. The standard InChI is InChI=1S/C13H20N6O/c1-3-19-12(11(14)10(2)17-19)13(20)15-6-4-8-18-9-5-7-16-18/h5,7,9H,3-4,6,8,14H2,1-2H3,(H,15,20). The quantitative estimate of drug-likeness (QED) is 0.764. The van der Waals surface area contributed by atoms with Crippen LogP contribution in [0.4, 0.5) is 5.69 Å². The summed E-state index contributed by atoms with van der Waals surface area (Å²) in [6, 6.07) is 1.88. The maximum Gasteiger partial charge on any atom is 0.271 e. The molecule has 0 aliphatic rings. The Morgan fingerprint density at radius 1 is 1.50 bits per heavy atom. The van der Waals surface area contributed by atoms with Gasteiger partial charge in [-0.2, -0.15) is 10.2 Å². The normalized spacial score (nSPS) is 10.7. The Hall–Kier alpha value is -2.31. The number of aryl methyl sites for hydroxylation is 3. The maximum absolute atomic E-state index is 12.1. The third-order valence-electron chi connectivity index (χ3n) is 3.10. The Balaban J connectivity index is 1.88. The number of rotatable bonds is 6. The van der Waals surface area contributed by atoms with Gasteiger partial charge in [-0.05, 0) is 26.3 Å². The van der Waals surface area contributed by atoms with Crippen molar-refractivity contribution in [1.29, 1.82) is 0 Å². The number of amides is 1. The highest BCUT2D eigenvalue weighted by Crippen LogP contribution is 2.15. The zero-order chi connectivity index (χ0) is 14.5. The summed E-state index contributed by atoms with van der Waals surface area (Å²) in [4.78, 5) is 12.1. The molecule has 2 aromatic rings. The number of hydrogen-bond donors (Lipinski definition) is 2. The van der Waals surface area contributed by atoms with E-state index < -0.39 is 0 Å². The van der Waals surface area contributed by atoms with Crippen LogP contribution in [0.5, 0.6) is 0 Å². The van der Waals surface area contributed by atoms with Crippen molar-refractivity contribution >= 4 is 11.6 Å². The van der Waals surface area contributed by atoms with Gasteiger partial charge in [-0.25, -0.2) is 0 Å². The number of aromatic nitrogens is 4. The Kier molecular flexibility index (Phi) is 4.39. The summed E-state index contributed by atoms with van der Waals surface area (Å²) >= 11 is 0. The van der Waals surface area contributed by atoms with Gasteiger partial charge in [0, 0.05) is 32.0 Å². The summed E-state index contributed by atoms with van der Waals surface area (Å²) in [5.74, 6) is -0.176. The zero-order valence-corrected chi connectivity index (χ0v) is 11.8. The van der Waals surface area contributed by atoms with E-state index in [9.17, 15) is 4.79 Å². The molecule has 0 fully saturated rings. The zero-order valence-electron chi connectivity index (χ0n) is 11.8. The van der Waals surface area contributed by atoms with E-state index in [4.69, 9.17) is 5.73 Å². The van der Waals surface area contributed by atoms with Crippen LogP contribution in [0.25, 0.3) is 0 Å². The van der Waals surface area contributed by atoms with Crippen molar-refractivity contribution < 1.29 is 4.79 Å². The summed E-state index contributed by atoms with van der Waals surface area (Å²) in [5, 5.41) is 11.2. The molecule has 7 nitrogen and oxygen atoms in total. The Labute approximate surface area is 117 Å². The van der Waals surface area contributed by atoms with Crippen LogP contribution in [-0.2, 0) is 13.1 Å². The first-order chi connectivity index (χ1) is 9.63. The number of nitrogen functional groups attached to an aromatic ring is 1. The molecule has 0 saturated carbocycles. The second-order valence-electron chi connectivity index (χ2n) is 4.54. The molecule has 0 bridgehead atoms. The van der Waals surface area contributed by atoms with E-state index in [-0.39, 0.29) is 5.91 Å². The molecule has 0 atom stereocenters. The molecule has 2 aromatic heterocycles. The molecule has 7 heteroatoms. The molecule has 0 unspecified atom stereocenters. The Morgan fingerprint density at radius 3 is 2.95 bits per heavy atom. The molecule has 108 valence electrons. The smallest absolute Gasteiger partial charge is 0.271 e. The number of nitrogens with zero attached hydrogens (tertiary/aromatic N) is 4. The molecule has 1 amide bonds. The first kappa shape index (κ1) is 14.1. The lowest BCUT2D eigenvalue weighted by molar-refractivity contribution is 0.0943. The fraction of sp³-hybridized carbons (Fsp3) is 0.462. The van der Waals surface area contributed by atoms with Crippen LogP contribution in [0, 0.1) is 6.92 Å². The second kappa shape index (κ2) is 6.23. The minimum absolute atomic E-state index is 0.176. The average Bonchev–Trinajstić information content (AvgIpc) is 3.04. The van der Waals surface area contributed by atoms with Crippen LogP contribution in [-0.4, -0.2) is 32.0 Å². The van der Waals surface area contributed by atoms with Crippen molar-refractivity contribution in [3.8, 4) is 0 Å². The van der Waals surface area contributed by atoms with Crippen LogP contribution >= 0.6 is 0 Å². The van der Waals surface area contributed by atoms with E-state index in [1.54, 1.807) is 17.8 Å². The molecule has 0 spiro atoms. The van der Waals surface area contributed by atoms with Gasteiger partial charge in [0.15, 0.2) is 0 Å². The summed E-state index contributed by atoms with van der Waals surface area (Å²) in [6.07, 6.45) is 4.45. The highest BCUT2D eigenvalue weighted by atomic mass is 16.2. The van der Waals surface area contributed by atoms with Gasteiger partial charge in [0.2, 0.25) is 0 Å². The molecule has 0 saturated heterocycles. The number of carbonyl (C=O) groups excluding carboxylic acids is 1. The van der Waals surface area contributed by atoms with E-state index in [0.717, 1.165) is 13.0 Å². The monoisotopic (exact) mass is 276 g/mol. The van der Waals surface area contributed by atoms with E-state index in [1.807, 2.05) is 23.9 Å². The van der Waals surface area contributed by atoms with Gasteiger partial charge in [-0.3, -0.25) is 14.2 Å². The number of carbonyl (C=O) groups is 1. The van der Waals surface area contributed by atoms with Crippen molar-refractivity contribution in [2.75, 3.05) is 12.3 Å². The Bertz CT molecular complexity index is 572. The lowest BCUT2D eigenvalue weighted by Crippen LogP contribution is -2.28. The summed E-state index contributed by atoms with van der Waals surface area (Å²) in [7, 11) is 0. The molecule has 3 N–H and O–H groups in total. The van der Waals surface area contributed by atoms with Crippen molar-refractivity contribution in [1.82, 2.24) is 24.9 Å². The molecule has 2 rings (SSSR count). The predicted molar refractivity (Wildman–Crippen MR) is 76.2 cm³/mol. The highest BCUT2D eigenvalue weighted by molar-refractivity contribution is 5.97. The minimum atomic E-state index is -0.176. The van der Waals surface area contributed by atoms with Crippen molar-refractivity contribution in [3.63, 3.8) is 0 Å². The van der Waals surface area contributed by atoms with Crippen LogP contribution in [0.15, 0.2) is 18.5 Å². The van der Waals surface area contributed by atoms with Gasteiger partial charge in [-0.15, -0.1) is 0 Å². The molecular weight excluding hydrogens is 256 g/mol. The molecule has 20 heavy (non-hydrogen) atoms. The topological polar surface area (TPSA) is 90.8 Å². The van der Waals surface area contributed by atoms with E-state index in [0.29, 0.717) is 30.2 Å². The summed E-state index contributed by atoms with van der Waals surface area (Å²) in [5.41, 5.74) is 7.49. The molecule has 0 aliphatic carbocycles. The lowest BCUT2D eigenvalue weighted by atomic mass is 10.3. The van der Waals surface area contributed by atoms with Crippen LogP contribution in [0.1, 0.15) is 29.5 Å². The number of hydrogen-bond acceptors (Lipinski definition) is 4. The molecule has 0 aromatic carbocycles. The second-order valence-corrected chi connectivity index (χ2v) is 4.54. The van der Waals surface area contributed by atoms with Gasteiger partial charge in [0.05, 0.1) is 11.4 Å².